The minimum absolute atomic E-state index is 0.000459. The van der Waals surface area contributed by atoms with Crippen LogP contribution in [0.4, 0.5) is 0 Å². The van der Waals surface area contributed by atoms with Crippen molar-refractivity contribution in [1.29, 1.82) is 0 Å². The van der Waals surface area contributed by atoms with Crippen molar-refractivity contribution in [2.45, 2.75) is 70.5 Å². The summed E-state index contributed by atoms with van der Waals surface area (Å²) in [6, 6.07) is 1.95. The van der Waals surface area contributed by atoms with Crippen LogP contribution >= 0.6 is 0 Å². The van der Waals surface area contributed by atoms with Gasteiger partial charge in [0, 0.05) is 30.1 Å². The summed E-state index contributed by atoms with van der Waals surface area (Å²) < 4.78 is 6.56. The van der Waals surface area contributed by atoms with Gasteiger partial charge in [0.25, 0.3) is 0 Å². The zero-order valence-electron chi connectivity index (χ0n) is 14.8. The lowest BCUT2D eigenvalue weighted by Gasteiger charge is -2.48. The van der Waals surface area contributed by atoms with Crippen LogP contribution in [0.3, 0.4) is 0 Å². The molecule has 0 unspecified atom stereocenters. The number of ether oxygens (including phenoxy) is 1. The zero-order chi connectivity index (χ0) is 17.3. The zero-order valence-corrected chi connectivity index (χ0v) is 14.8. The van der Waals surface area contributed by atoms with E-state index in [1.54, 1.807) is 0 Å². The van der Waals surface area contributed by atoms with Crippen molar-refractivity contribution in [2.24, 2.45) is 11.3 Å². The minimum Gasteiger partial charge on any atom is -0.504 e. The van der Waals surface area contributed by atoms with Gasteiger partial charge >= 0.3 is 0 Å². The molecule has 3 N–H and O–H groups in total. The highest BCUT2D eigenvalue weighted by Crippen LogP contribution is 2.63. The molecule has 1 aromatic rings. The van der Waals surface area contributed by atoms with E-state index in [4.69, 9.17) is 4.74 Å². The topological polar surface area (TPSA) is 69.9 Å². The number of aromatic hydroxyl groups is 2. The third-order valence-electron chi connectivity index (χ3n) is 6.90. The highest BCUT2D eigenvalue weighted by molar-refractivity contribution is 5.57. The lowest BCUT2D eigenvalue weighted by atomic mass is 9.60. The van der Waals surface area contributed by atoms with E-state index in [-0.39, 0.29) is 41.1 Å². The summed E-state index contributed by atoms with van der Waals surface area (Å²) in [7, 11) is 0. The van der Waals surface area contributed by atoms with Crippen LogP contribution in [-0.2, 0) is 11.2 Å². The summed E-state index contributed by atoms with van der Waals surface area (Å²) in [5, 5.41) is 30.6. The van der Waals surface area contributed by atoms with E-state index in [0.717, 1.165) is 30.4 Å². The van der Waals surface area contributed by atoms with Crippen molar-refractivity contribution in [3.8, 4) is 11.5 Å². The Morgan fingerprint density at radius 2 is 2.00 bits per heavy atom. The monoisotopic (exact) mass is 332 g/mol. The summed E-state index contributed by atoms with van der Waals surface area (Å²) in [6.07, 6.45) is 5.06. The number of phenols is 2. The third kappa shape index (κ3) is 2.05. The molecule has 1 saturated carbocycles. The van der Waals surface area contributed by atoms with Gasteiger partial charge < -0.3 is 20.1 Å². The van der Waals surface area contributed by atoms with Crippen LogP contribution in [0.25, 0.3) is 0 Å². The number of hydrogen-bond donors (Lipinski definition) is 3. The van der Waals surface area contributed by atoms with Crippen molar-refractivity contribution in [3.63, 3.8) is 0 Å². The van der Waals surface area contributed by atoms with E-state index in [1.165, 1.54) is 6.42 Å². The molecule has 0 amide bonds. The normalized spacial score (nSPS) is 34.5. The van der Waals surface area contributed by atoms with Crippen LogP contribution < -0.4 is 0 Å². The Kier molecular flexibility index (Phi) is 3.46. The van der Waals surface area contributed by atoms with Crippen molar-refractivity contribution >= 4 is 0 Å². The second kappa shape index (κ2) is 5.12. The van der Waals surface area contributed by atoms with Gasteiger partial charge in [-0.05, 0) is 42.2 Å². The third-order valence-corrected chi connectivity index (χ3v) is 6.90. The average Bonchev–Trinajstić information content (AvgIpc) is 2.86. The minimum atomic E-state index is -0.211. The fraction of sp³-hybridized carbons (Fsp3) is 0.700. The maximum Gasteiger partial charge on any atom is 0.161 e. The Hall–Kier alpha value is -1.26. The van der Waals surface area contributed by atoms with E-state index >= 15 is 0 Å². The molecule has 3 aliphatic rings. The smallest absolute Gasteiger partial charge is 0.161 e. The maximum absolute atomic E-state index is 10.7. The SMILES string of the molecule is C[C@H](CO)c1cc2c(c(O)c1O)C[C@@]13CCCC(C)(C)[C@@H]1C[C@@H]2O3. The molecule has 1 aliphatic carbocycles. The molecule has 2 heterocycles. The van der Waals surface area contributed by atoms with Gasteiger partial charge in [-0.2, -0.15) is 0 Å². The molecule has 4 heteroatoms. The summed E-state index contributed by atoms with van der Waals surface area (Å²) in [4.78, 5) is 0. The summed E-state index contributed by atoms with van der Waals surface area (Å²) in [5.41, 5.74) is 2.54. The number of aliphatic hydroxyl groups excluding tert-OH is 1. The Balaban J connectivity index is 1.83. The molecular formula is C20H28O4. The molecule has 4 nitrogen and oxygen atoms in total. The molecule has 2 bridgehead atoms. The van der Waals surface area contributed by atoms with Crippen molar-refractivity contribution < 1.29 is 20.1 Å². The fourth-order valence-electron chi connectivity index (χ4n) is 5.55. The first-order valence-corrected chi connectivity index (χ1v) is 9.15. The second-order valence-electron chi connectivity index (χ2n) is 8.79. The molecule has 2 fully saturated rings. The lowest BCUT2D eigenvalue weighted by Crippen LogP contribution is -2.48. The number of fused-ring (bicyclic) bond motifs is 3. The highest BCUT2D eigenvalue weighted by Gasteiger charge is 2.59. The van der Waals surface area contributed by atoms with Gasteiger partial charge in [0.2, 0.25) is 0 Å². The van der Waals surface area contributed by atoms with Gasteiger partial charge in [0.15, 0.2) is 11.5 Å². The van der Waals surface area contributed by atoms with E-state index in [9.17, 15) is 15.3 Å². The van der Waals surface area contributed by atoms with Gasteiger partial charge in [-0.15, -0.1) is 0 Å². The molecule has 4 rings (SSSR count). The van der Waals surface area contributed by atoms with E-state index in [0.29, 0.717) is 17.9 Å². The number of benzene rings is 1. The number of aliphatic hydroxyl groups is 1. The Bertz CT molecular complexity index is 681. The van der Waals surface area contributed by atoms with Gasteiger partial charge in [0.05, 0.1) is 11.7 Å². The first-order chi connectivity index (χ1) is 11.3. The number of hydrogen-bond acceptors (Lipinski definition) is 4. The van der Waals surface area contributed by atoms with Gasteiger partial charge in [0.1, 0.15) is 0 Å². The molecule has 2 aliphatic heterocycles. The van der Waals surface area contributed by atoms with E-state index in [1.807, 2.05) is 13.0 Å². The van der Waals surface area contributed by atoms with Gasteiger partial charge in [-0.3, -0.25) is 0 Å². The molecule has 1 spiro atoms. The highest BCUT2D eigenvalue weighted by atomic mass is 16.5. The van der Waals surface area contributed by atoms with Crippen LogP contribution in [0.2, 0.25) is 0 Å². The largest absolute Gasteiger partial charge is 0.504 e. The Labute approximate surface area is 143 Å². The molecule has 0 aromatic heterocycles. The van der Waals surface area contributed by atoms with Crippen LogP contribution in [0, 0.1) is 11.3 Å². The van der Waals surface area contributed by atoms with Crippen molar-refractivity contribution in [1.82, 2.24) is 0 Å². The molecule has 4 atom stereocenters. The van der Waals surface area contributed by atoms with Crippen molar-refractivity contribution in [2.75, 3.05) is 6.61 Å². The van der Waals surface area contributed by atoms with Crippen molar-refractivity contribution in [3.05, 3.63) is 22.8 Å². The first kappa shape index (κ1) is 16.2. The summed E-state index contributed by atoms with van der Waals surface area (Å²) in [6.45, 7) is 6.47. The lowest BCUT2D eigenvalue weighted by molar-refractivity contribution is -0.114. The number of phenolic OH excluding ortho intramolecular Hbond substituents is 2. The van der Waals surface area contributed by atoms with Crippen LogP contribution in [0.1, 0.15) is 75.2 Å². The molecular weight excluding hydrogens is 304 g/mol. The predicted octanol–water partition coefficient (Wildman–Crippen LogP) is 3.78. The fourth-order valence-corrected chi connectivity index (χ4v) is 5.55. The average molecular weight is 332 g/mol. The predicted molar refractivity (Wildman–Crippen MR) is 91.3 cm³/mol. The van der Waals surface area contributed by atoms with Gasteiger partial charge in [-0.1, -0.05) is 27.2 Å². The molecule has 132 valence electrons. The van der Waals surface area contributed by atoms with E-state index < -0.39 is 0 Å². The van der Waals surface area contributed by atoms with Gasteiger partial charge in [-0.25, -0.2) is 0 Å². The Morgan fingerprint density at radius 1 is 1.25 bits per heavy atom. The Morgan fingerprint density at radius 3 is 2.71 bits per heavy atom. The summed E-state index contributed by atoms with van der Waals surface area (Å²) in [5.74, 6) is 0.202. The molecule has 1 saturated heterocycles. The molecule has 24 heavy (non-hydrogen) atoms. The quantitative estimate of drug-likeness (QED) is 0.721. The summed E-state index contributed by atoms with van der Waals surface area (Å²) >= 11 is 0. The van der Waals surface area contributed by atoms with Crippen LogP contribution in [0.5, 0.6) is 11.5 Å². The molecule has 1 aromatic carbocycles. The van der Waals surface area contributed by atoms with Crippen LogP contribution in [0.15, 0.2) is 6.07 Å². The molecule has 0 radical (unpaired) electrons. The number of rotatable bonds is 2. The first-order valence-electron chi connectivity index (χ1n) is 9.15. The van der Waals surface area contributed by atoms with Crippen LogP contribution in [-0.4, -0.2) is 27.5 Å². The standard InChI is InChI=1S/C20H28O4/c1-11(10-21)12-7-13-14(18(23)17(12)22)9-20-6-4-5-19(2,3)16(20)8-15(13)24-20/h7,11,15-16,21-23H,4-6,8-10H2,1-3H3/t11-,15+,16+,20+/m1/s1. The maximum atomic E-state index is 10.7. The second-order valence-corrected chi connectivity index (χ2v) is 8.79. The van der Waals surface area contributed by atoms with E-state index in [2.05, 4.69) is 13.8 Å².